The van der Waals surface area contributed by atoms with Crippen LogP contribution < -0.4 is 14.9 Å². The van der Waals surface area contributed by atoms with Gasteiger partial charge in [-0.2, -0.15) is 0 Å². The van der Waals surface area contributed by atoms with Crippen molar-refractivity contribution in [1.29, 1.82) is 0 Å². The normalized spacial score (nSPS) is 10.7. The van der Waals surface area contributed by atoms with Gasteiger partial charge in [-0.25, -0.2) is 4.79 Å². The molecule has 150 valence electrons. The number of carbonyl (C=O) groups excluding carboxylic acids is 1. The summed E-state index contributed by atoms with van der Waals surface area (Å²) in [5, 5.41) is 0.365. The van der Waals surface area contributed by atoms with E-state index in [-0.39, 0.29) is 17.1 Å². The van der Waals surface area contributed by atoms with E-state index in [1.54, 1.807) is 43.5 Å². The Kier molecular flexibility index (Phi) is 5.30. The van der Waals surface area contributed by atoms with Crippen LogP contribution >= 0.6 is 0 Å². The van der Waals surface area contributed by atoms with Crippen molar-refractivity contribution in [2.75, 3.05) is 7.11 Å². The first-order valence-electron chi connectivity index (χ1n) is 9.47. The summed E-state index contributed by atoms with van der Waals surface area (Å²) in [6.07, 6.45) is 3.73. The quantitative estimate of drug-likeness (QED) is 0.453. The molecule has 0 aliphatic heterocycles. The number of carbonyl (C=O) groups is 1. The van der Waals surface area contributed by atoms with E-state index >= 15 is 0 Å². The molecule has 0 unspecified atom stereocenters. The van der Waals surface area contributed by atoms with Crippen LogP contribution in [0.3, 0.4) is 0 Å². The summed E-state index contributed by atoms with van der Waals surface area (Å²) < 4.78 is 16.8. The first-order chi connectivity index (χ1) is 14.6. The van der Waals surface area contributed by atoms with Crippen LogP contribution in [-0.2, 0) is 6.42 Å². The molecule has 0 saturated carbocycles. The highest BCUT2D eigenvalue weighted by atomic mass is 16.5. The van der Waals surface area contributed by atoms with Crippen molar-refractivity contribution in [2.24, 2.45) is 0 Å². The number of esters is 1. The Morgan fingerprint density at radius 3 is 2.43 bits per heavy atom. The van der Waals surface area contributed by atoms with Gasteiger partial charge in [0.25, 0.3) is 0 Å². The molecular weight excluding hydrogens is 382 g/mol. The largest absolute Gasteiger partial charge is 0.497 e. The lowest BCUT2D eigenvalue weighted by molar-refractivity contribution is 0.0731. The molecule has 0 radical (unpaired) electrons. The Morgan fingerprint density at radius 2 is 1.77 bits per heavy atom. The maximum Gasteiger partial charge on any atom is 0.343 e. The van der Waals surface area contributed by atoms with Crippen LogP contribution in [0.25, 0.3) is 22.3 Å². The molecule has 0 amide bonds. The fraction of sp³-hybridized carbons (Fsp3) is 0.125. The molecule has 0 atom stereocenters. The van der Waals surface area contributed by atoms with Gasteiger partial charge >= 0.3 is 5.97 Å². The summed E-state index contributed by atoms with van der Waals surface area (Å²) >= 11 is 0. The molecule has 0 fully saturated rings. The monoisotopic (exact) mass is 401 g/mol. The molecule has 0 saturated heterocycles. The molecule has 4 aromatic rings. The van der Waals surface area contributed by atoms with E-state index < -0.39 is 11.4 Å². The van der Waals surface area contributed by atoms with Crippen molar-refractivity contribution in [2.45, 2.75) is 13.3 Å². The number of methoxy groups -OCH3 is 1. The third-order valence-corrected chi connectivity index (χ3v) is 4.78. The SMILES string of the molecule is CCc1ccc2oc(-c3ccc(OC)cc3)c(OC(=O)c3ccncc3)c(=O)c2c1. The predicted octanol–water partition coefficient (Wildman–Crippen LogP) is 4.65. The van der Waals surface area contributed by atoms with Crippen molar-refractivity contribution < 1.29 is 18.7 Å². The van der Waals surface area contributed by atoms with Gasteiger partial charge in [0.15, 0.2) is 5.76 Å². The lowest BCUT2D eigenvalue weighted by Gasteiger charge is -2.11. The van der Waals surface area contributed by atoms with E-state index in [0.29, 0.717) is 22.3 Å². The molecule has 0 N–H and O–H groups in total. The summed E-state index contributed by atoms with van der Waals surface area (Å²) in [6.45, 7) is 2.00. The number of pyridine rings is 1. The molecule has 2 aromatic carbocycles. The highest BCUT2D eigenvalue weighted by Gasteiger charge is 2.21. The second-order valence-electron chi connectivity index (χ2n) is 6.63. The zero-order valence-electron chi connectivity index (χ0n) is 16.5. The van der Waals surface area contributed by atoms with E-state index in [0.717, 1.165) is 12.0 Å². The van der Waals surface area contributed by atoms with Crippen molar-refractivity contribution >= 4 is 16.9 Å². The number of rotatable bonds is 5. The second-order valence-corrected chi connectivity index (χ2v) is 6.63. The fourth-order valence-electron chi connectivity index (χ4n) is 3.11. The molecule has 0 bridgehead atoms. The molecule has 0 aliphatic carbocycles. The van der Waals surface area contributed by atoms with Crippen LogP contribution in [0.15, 0.2) is 76.2 Å². The van der Waals surface area contributed by atoms with E-state index in [4.69, 9.17) is 13.9 Å². The summed E-state index contributed by atoms with van der Waals surface area (Å²) in [7, 11) is 1.57. The number of aromatic nitrogens is 1. The van der Waals surface area contributed by atoms with E-state index in [1.807, 2.05) is 13.0 Å². The third kappa shape index (κ3) is 3.67. The van der Waals surface area contributed by atoms with Gasteiger partial charge in [-0.15, -0.1) is 0 Å². The summed E-state index contributed by atoms with van der Waals surface area (Å²) in [4.78, 5) is 29.9. The standard InChI is InChI=1S/C24H19NO5/c1-3-15-4-9-20-19(14-15)21(26)23(30-24(27)17-10-12-25-13-11-17)22(29-20)16-5-7-18(28-2)8-6-16/h4-14H,3H2,1-2H3. The maximum absolute atomic E-state index is 13.3. The molecule has 0 aliphatic rings. The van der Waals surface area contributed by atoms with Crippen LogP contribution in [0.1, 0.15) is 22.8 Å². The van der Waals surface area contributed by atoms with Gasteiger partial charge in [0, 0.05) is 18.0 Å². The van der Waals surface area contributed by atoms with Gasteiger partial charge in [-0.05, 0) is 60.5 Å². The van der Waals surface area contributed by atoms with Crippen LogP contribution in [0, 0.1) is 0 Å². The van der Waals surface area contributed by atoms with Crippen LogP contribution in [0.2, 0.25) is 0 Å². The maximum atomic E-state index is 13.3. The van der Waals surface area contributed by atoms with Crippen molar-refractivity contribution in [3.63, 3.8) is 0 Å². The fourth-order valence-corrected chi connectivity index (χ4v) is 3.11. The average Bonchev–Trinajstić information content (AvgIpc) is 2.81. The number of aryl methyl sites for hydroxylation is 1. The van der Waals surface area contributed by atoms with Crippen LogP contribution in [0.5, 0.6) is 11.5 Å². The van der Waals surface area contributed by atoms with Crippen molar-refractivity contribution in [1.82, 2.24) is 4.98 Å². The smallest absolute Gasteiger partial charge is 0.343 e. The van der Waals surface area contributed by atoms with E-state index in [1.165, 1.54) is 24.5 Å². The molecule has 2 aromatic heterocycles. The van der Waals surface area contributed by atoms with Gasteiger partial charge in [0.1, 0.15) is 11.3 Å². The Hall–Kier alpha value is -3.93. The zero-order valence-corrected chi connectivity index (χ0v) is 16.5. The lowest BCUT2D eigenvalue weighted by Crippen LogP contribution is -2.16. The minimum absolute atomic E-state index is 0.150. The average molecular weight is 401 g/mol. The first-order valence-corrected chi connectivity index (χ1v) is 9.47. The Balaban J connectivity index is 1.90. The Morgan fingerprint density at radius 1 is 1.03 bits per heavy atom. The van der Waals surface area contributed by atoms with Gasteiger partial charge in [-0.1, -0.05) is 13.0 Å². The van der Waals surface area contributed by atoms with Crippen LogP contribution in [0.4, 0.5) is 0 Å². The molecule has 2 heterocycles. The van der Waals surface area contributed by atoms with Crippen LogP contribution in [-0.4, -0.2) is 18.1 Å². The molecule has 30 heavy (non-hydrogen) atoms. The highest BCUT2D eigenvalue weighted by molar-refractivity contribution is 5.92. The van der Waals surface area contributed by atoms with Gasteiger partial charge in [0.05, 0.1) is 18.1 Å². The number of ether oxygens (including phenoxy) is 2. The number of fused-ring (bicyclic) bond motifs is 1. The lowest BCUT2D eigenvalue weighted by atomic mass is 10.1. The summed E-state index contributed by atoms with van der Waals surface area (Å²) in [5.74, 6) is 0.0276. The molecule has 4 rings (SSSR count). The van der Waals surface area contributed by atoms with E-state index in [9.17, 15) is 9.59 Å². The molecule has 6 heteroatoms. The Labute approximate surface area is 172 Å². The highest BCUT2D eigenvalue weighted by Crippen LogP contribution is 2.32. The third-order valence-electron chi connectivity index (χ3n) is 4.78. The van der Waals surface area contributed by atoms with Gasteiger partial charge < -0.3 is 13.9 Å². The molecule has 0 spiro atoms. The first kappa shape index (κ1) is 19.4. The number of benzene rings is 2. The minimum Gasteiger partial charge on any atom is -0.497 e. The summed E-state index contributed by atoms with van der Waals surface area (Å²) in [6, 6.07) is 15.5. The molecule has 6 nitrogen and oxygen atoms in total. The number of hydrogen-bond acceptors (Lipinski definition) is 6. The predicted molar refractivity (Wildman–Crippen MR) is 113 cm³/mol. The Bertz CT molecular complexity index is 1260. The van der Waals surface area contributed by atoms with Gasteiger partial charge in [-0.3, -0.25) is 9.78 Å². The second kappa shape index (κ2) is 8.21. The minimum atomic E-state index is -0.662. The van der Waals surface area contributed by atoms with Crippen molar-refractivity contribution in [3.8, 4) is 22.8 Å². The van der Waals surface area contributed by atoms with Crippen molar-refractivity contribution in [3.05, 3.63) is 88.3 Å². The van der Waals surface area contributed by atoms with Gasteiger partial charge in [0.2, 0.25) is 11.2 Å². The number of nitrogens with zero attached hydrogens (tertiary/aromatic N) is 1. The zero-order chi connectivity index (χ0) is 21.1. The van der Waals surface area contributed by atoms with E-state index in [2.05, 4.69) is 4.98 Å². The molecular formula is C24H19NO5. The summed E-state index contributed by atoms with van der Waals surface area (Å²) in [5.41, 5.74) is 1.88. The number of hydrogen-bond donors (Lipinski definition) is 0. The topological polar surface area (TPSA) is 78.6 Å².